The standard InChI is InChI=1S/C17H31N5O2.HI/c1-3-18-17(20-13-14-7-6-11-21(14)4-2)19-10-12-22-15(23)8-5-9-16(22)24;/h14H,3-13H2,1-2H3,(H2,18,19,20);1H. The van der Waals surface area contributed by atoms with E-state index in [9.17, 15) is 9.59 Å². The fourth-order valence-corrected chi connectivity index (χ4v) is 3.39. The second kappa shape index (κ2) is 11.7. The van der Waals surface area contributed by atoms with Gasteiger partial charge in [-0.1, -0.05) is 6.92 Å². The van der Waals surface area contributed by atoms with Crippen LogP contribution < -0.4 is 10.6 Å². The van der Waals surface area contributed by atoms with E-state index in [1.807, 2.05) is 6.92 Å². The molecule has 0 saturated carbocycles. The van der Waals surface area contributed by atoms with Gasteiger partial charge in [-0.2, -0.15) is 0 Å². The first-order chi connectivity index (χ1) is 11.7. The molecule has 2 saturated heterocycles. The Morgan fingerprint density at radius 2 is 1.88 bits per heavy atom. The summed E-state index contributed by atoms with van der Waals surface area (Å²) in [6.07, 6.45) is 4.09. The molecule has 25 heavy (non-hydrogen) atoms. The maximum absolute atomic E-state index is 11.8. The minimum atomic E-state index is -0.0560. The average molecular weight is 465 g/mol. The van der Waals surface area contributed by atoms with Gasteiger partial charge in [0.25, 0.3) is 0 Å². The zero-order chi connectivity index (χ0) is 17.4. The number of aliphatic imine (C=N–C) groups is 1. The molecule has 2 N–H and O–H groups in total. The van der Waals surface area contributed by atoms with E-state index in [1.54, 1.807) is 0 Å². The SMILES string of the molecule is CCNC(=NCC1CCCN1CC)NCCN1C(=O)CCCC1=O.I. The van der Waals surface area contributed by atoms with Crippen molar-refractivity contribution in [1.82, 2.24) is 20.4 Å². The molecule has 0 aromatic heterocycles. The van der Waals surface area contributed by atoms with Gasteiger partial charge in [0.2, 0.25) is 11.8 Å². The molecule has 0 spiro atoms. The van der Waals surface area contributed by atoms with Crippen LogP contribution >= 0.6 is 24.0 Å². The third kappa shape index (κ3) is 6.73. The zero-order valence-electron chi connectivity index (χ0n) is 15.4. The number of nitrogens with one attached hydrogen (secondary N) is 2. The molecule has 2 aliphatic rings. The minimum Gasteiger partial charge on any atom is -0.357 e. The Bertz CT molecular complexity index is 456. The van der Waals surface area contributed by atoms with Gasteiger partial charge >= 0.3 is 0 Å². The first kappa shape index (κ1) is 22.1. The third-order valence-electron chi connectivity index (χ3n) is 4.72. The normalized spacial score (nSPS) is 22.1. The molecule has 0 radical (unpaired) electrons. The van der Waals surface area contributed by atoms with Gasteiger partial charge in [0.15, 0.2) is 5.96 Å². The molecule has 1 unspecified atom stereocenters. The van der Waals surface area contributed by atoms with E-state index in [4.69, 9.17) is 0 Å². The summed E-state index contributed by atoms with van der Waals surface area (Å²) in [5, 5.41) is 6.47. The lowest BCUT2D eigenvalue weighted by molar-refractivity contribution is -0.147. The van der Waals surface area contributed by atoms with Crippen LogP contribution in [0, 0.1) is 0 Å². The van der Waals surface area contributed by atoms with Crippen LogP contribution in [0.1, 0.15) is 46.0 Å². The number of likely N-dealkylation sites (N-methyl/N-ethyl adjacent to an activating group) is 1. The molecule has 2 fully saturated rings. The van der Waals surface area contributed by atoms with E-state index in [-0.39, 0.29) is 35.8 Å². The lowest BCUT2D eigenvalue weighted by Crippen LogP contribution is -2.46. The molecular formula is C17H32IN5O2. The average Bonchev–Trinajstić information content (AvgIpc) is 3.02. The predicted molar refractivity (Wildman–Crippen MR) is 110 cm³/mol. The summed E-state index contributed by atoms with van der Waals surface area (Å²) in [5.41, 5.74) is 0. The van der Waals surface area contributed by atoms with Crippen LogP contribution in [0.4, 0.5) is 0 Å². The van der Waals surface area contributed by atoms with Crippen LogP contribution in [0.3, 0.4) is 0 Å². The van der Waals surface area contributed by atoms with E-state index in [2.05, 4.69) is 27.4 Å². The maximum atomic E-state index is 11.8. The van der Waals surface area contributed by atoms with Gasteiger partial charge in [-0.25, -0.2) is 0 Å². The molecule has 0 bridgehead atoms. The highest BCUT2D eigenvalue weighted by Gasteiger charge is 2.25. The third-order valence-corrected chi connectivity index (χ3v) is 4.72. The van der Waals surface area contributed by atoms with Crippen molar-refractivity contribution in [1.29, 1.82) is 0 Å². The summed E-state index contributed by atoms with van der Waals surface area (Å²) in [5.74, 6) is 0.649. The Morgan fingerprint density at radius 3 is 2.52 bits per heavy atom. The van der Waals surface area contributed by atoms with Crippen molar-refractivity contribution in [2.75, 3.05) is 39.3 Å². The number of likely N-dealkylation sites (tertiary alicyclic amines) is 2. The highest BCUT2D eigenvalue weighted by molar-refractivity contribution is 14.0. The fraction of sp³-hybridized carbons (Fsp3) is 0.824. The Morgan fingerprint density at radius 1 is 1.16 bits per heavy atom. The first-order valence-corrected chi connectivity index (χ1v) is 9.25. The van der Waals surface area contributed by atoms with Gasteiger partial charge in [-0.05, 0) is 39.3 Å². The fourth-order valence-electron chi connectivity index (χ4n) is 3.39. The Kier molecular flexibility index (Phi) is 10.3. The lowest BCUT2D eigenvalue weighted by Gasteiger charge is -2.25. The molecule has 7 nitrogen and oxygen atoms in total. The molecule has 2 rings (SSSR count). The molecule has 0 aromatic rings. The molecule has 1 atom stereocenters. The van der Waals surface area contributed by atoms with Crippen molar-refractivity contribution >= 4 is 41.8 Å². The second-order valence-electron chi connectivity index (χ2n) is 6.36. The topological polar surface area (TPSA) is 77.0 Å². The van der Waals surface area contributed by atoms with Crippen LogP contribution in [0.15, 0.2) is 4.99 Å². The highest BCUT2D eigenvalue weighted by atomic mass is 127. The predicted octanol–water partition coefficient (Wildman–Crippen LogP) is 1.18. The van der Waals surface area contributed by atoms with Gasteiger partial charge in [0.1, 0.15) is 0 Å². The number of carbonyl (C=O) groups excluding carboxylic acids is 2. The molecule has 0 aliphatic carbocycles. The molecule has 2 amide bonds. The summed E-state index contributed by atoms with van der Waals surface area (Å²) in [7, 11) is 0. The summed E-state index contributed by atoms with van der Waals surface area (Å²) in [6.45, 7) is 8.97. The number of hydrogen-bond donors (Lipinski definition) is 2. The Balaban J connectivity index is 0.00000312. The number of amides is 2. The van der Waals surface area contributed by atoms with Crippen molar-refractivity contribution in [3.63, 3.8) is 0 Å². The first-order valence-electron chi connectivity index (χ1n) is 9.25. The number of guanidine groups is 1. The van der Waals surface area contributed by atoms with Gasteiger partial charge in [-0.3, -0.25) is 24.4 Å². The molecule has 2 heterocycles. The second-order valence-corrected chi connectivity index (χ2v) is 6.36. The van der Waals surface area contributed by atoms with E-state index in [0.29, 0.717) is 38.4 Å². The number of piperidine rings is 1. The molecule has 0 aromatic carbocycles. The smallest absolute Gasteiger partial charge is 0.229 e. The summed E-state index contributed by atoms with van der Waals surface area (Å²) in [4.78, 5) is 32.1. The number of hydrogen-bond acceptors (Lipinski definition) is 4. The number of rotatable bonds is 7. The monoisotopic (exact) mass is 465 g/mol. The number of carbonyl (C=O) groups is 2. The van der Waals surface area contributed by atoms with E-state index < -0.39 is 0 Å². The van der Waals surface area contributed by atoms with Crippen LogP contribution in [-0.4, -0.2) is 72.9 Å². The molecular weight excluding hydrogens is 433 g/mol. The van der Waals surface area contributed by atoms with Crippen molar-refractivity contribution in [2.24, 2.45) is 4.99 Å². The van der Waals surface area contributed by atoms with E-state index in [0.717, 1.165) is 25.6 Å². The highest BCUT2D eigenvalue weighted by Crippen LogP contribution is 2.16. The van der Waals surface area contributed by atoms with Crippen molar-refractivity contribution in [3.8, 4) is 0 Å². The van der Waals surface area contributed by atoms with Gasteiger partial charge in [0.05, 0.1) is 6.54 Å². The van der Waals surface area contributed by atoms with Gasteiger partial charge in [-0.15, -0.1) is 24.0 Å². The number of nitrogens with zero attached hydrogens (tertiary/aromatic N) is 3. The summed E-state index contributed by atoms with van der Waals surface area (Å²) in [6, 6.07) is 0.524. The zero-order valence-corrected chi connectivity index (χ0v) is 17.8. The van der Waals surface area contributed by atoms with Crippen LogP contribution in [-0.2, 0) is 9.59 Å². The summed E-state index contributed by atoms with van der Waals surface area (Å²) < 4.78 is 0. The van der Waals surface area contributed by atoms with Crippen LogP contribution in [0.25, 0.3) is 0 Å². The molecule has 8 heteroatoms. The summed E-state index contributed by atoms with van der Waals surface area (Å²) >= 11 is 0. The van der Waals surface area contributed by atoms with Crippen LogP contribution in [0.2, 0.25) is 0 Å². The Labute approximate surface area is 168 Å². The van der Waals surface area contributed by atoms with Crippen molar-refractivity contribution < 1.29 is 9.59 Å². The lowest BCUT2D eigenvalue weighted by atomic mass is 10.1. The Hall–Kier alpha value is -0.900. The number of imide groups is 1. The van der Waals surface area contributed by atoms with E-state index >= 15 is 0 Å². The maximum Gasteiger partial charge on any atom is 0.229 e. The quantitative estimate of drug-likeness (QED) is 0.256. The van der Waals surface area contributed by atoms with Gasteiger partial charge < -0.3 is 10.6 Å². The van der Waals surface area contributed by atoms with E-state index in [1.165, 1.54) is 24.3 Å². The molecule has 144 valence electrons. The van der Waals surface area contributed by atoms with Crippen molar-refractivity contribution in [2.45, 2.75) is 52.0 Å². The number of halogens is 1. The molecule has 2 aliphatic heterocycles. The van der Waals surface area contributed by atoms with Crippen molar-refractivity contribution in [3.05, 3.63) is 0 Å². The van der Waals surface area contributed by atoms with Gasteiger partial charge in [0, 0.05) is 38.5 Å². The minimum absolute atomic E-state index is 0. The van der Waals surface area contributed by atoms with Crippen LogP contribution in [0.5, 0.6) is 0 Å². The largest absolute Gasteiger partial charge is 0.357 e.